The Hall–Kier alpha value is -4.43. The highest BCUT2D eigenvalue weighted by Crippen LogP contribution is 2.40. The van der Waals surface area contributed by atoms with Gasteiger partial charge in [-0.2, -0.15) is 0 Å². The molecule has 0 fully saturated rings. The third kappa shape index (κ3) is 6.24. The van der Waals surface area contributed by atoms with Crippen molar-refractivity contribution in [3.05, 3.63) is 74.8 Å². The first-order valence-electron chi connectivity index (χ1n) is 11.8. The van der Waals surface area contributed by atoms with Gasteiger partial charge in [0, 0.05) is 0 Å². The van der Waals surface area contributed by atoms with E-state index < -0.39 is 32.6 Å². The Labute approximate surface area is 233 Å². The van der Waals surface area contributed by atoms with Gasteiger partial charge in [0.05, 0.1) is 46.1 Å². The maximum atomic E-state index is 13.4. The average molecular weight is 587 g/mol. The van der Waals surface area contributed by atoms with Crippen LogP contribution >= 0.6 is 11.3 Å². The molecule has 4 rings (SSSR count). The molecule has 14 heteroatoms. The van der Waals surface area contributed by atoms with Gasteiger partial charge in [0.25, 0.3) is 11.8 Å². The number of fused-ring (bicyclic) bond motifs is 1. The van der Waals surface area contributed by atoms with Gasteiger partial charge in [0.2, 0.25) is 10.0 Å². The lowest BCUT2D eigenvalue weighted by atomic mass is 9.86. The van der Waals surface area contributed by atoms with Crippen LogP contribution < -0.4 is 20.1 Å². The van der Waals surface area contributed by atoms with E-state index in [9.17, 15) is 28.1 Å². The van der Waals surface area contributed by atoms with Crippen LogP contribution in [-0.4, -0.2) is 38.5 Å². The molecule has 2 amide bonds. The van der Waals surface area contributed by atoms with E-state index in [2.05, 4.69) is 15.4 Å². The van der Waals surface area contributed by atoms with Crippen molar-refractivity contribution < 1.29 is 32.1 Å². The Kier molecular flexibility index (Phi) is 7.59. The molecule has 0 spiro atoms. The summed E-state index contributed by atoms with van der Waals surface area (Å²) in [5.74, 6) is -1.81. The summed E-state index contributed by atoms with van der Waals surface area (Å²) in [5, 5.41) is 17.0. The summed E-state index contributed by atoms with van der Waals surface area (Å²) in [6.07, 6.45) is 1.02. The first-order valence-corrected chi connectivity index (χ1v) is 14.5. The number of methoxy groups -OCH3 is 1. The highest BCUT2D eigenvalue weighted by molar-refractivity contribution is 7.92. The standard InChI is InChI=1S/C26H26N4O8S2/c1-26(2,3)15-12-17(22(37-4)18(13-15)29-40(5,35)36)28-25(32)20-11-14-7-6-8-16(23(14)39-20)27-24(31)19-9-10-21(38-19)30(33)34/h6-13,29H,1-5H3,(H,27,31)(H,28,32). The minimum absolute atomic E-state index is 0.147. The van der Waals surface area contributed by atoms with Crippen molar-refractivity contribution in [3.8, 4) is 5.75 Å². The van der Waals surface area contributed by atoms with E-state index in [4.69, 9.17) is 9.15 Å². The second-order valence-corrected chi connectivity index (χ2v) is 12.7. The summed E-state index contributed by atoms with van der Waals surface area (Å²) in [4.78, 5) is 36.4. The van der Waals surface area contributed by atoms with Gasteiger partial charge < -0.3 is 19.8 Å². The molecular formula is C26H26N4O8S2. The number of ether oxygens (including phenoxy) is 1. The molecule has 40 heavy (non-hydrogen) atoms. The lowest BCUT2D eigenvalue weighted by molar-refractivity contribution is -0.402. The van der Waals surface area contributed by atoms with Gasteiger partial charge in [0.1, 0.15) is 4.92 Å². The molecule has 0 unspecified atom stereocenters. The monoisotopic (exact) mass is 586 g/mol. The third-order valence-corrected chi connectivity index (χ3v) is 7.49. The number of thiophene rings is 1. The quantitative estimate of drug-likeness (QED) is 0.177. The maximum Gasteiger partial charge on any atom is 0.433 e. The van der Waals surface area contributed by atoms with E-state index in [-0.39, 0.29) is 28.3 Å². The molecule has 2 heterocycles. The molecule has 0 saturated carbocycles. The van der Waals surface area contributed by atoms with Gasteiger partial charge >= 0.3 is 5.88 Å². The van der Waals surface area contributed by atoms with E-state index in [0.29, 0.717) is 20.7 Å². The third-order valence-electron chi connectivity index (χ3n) is 5.71. The zero-order valence-corrected chi connectivity index (χ0v) is 23.8. The fourth-order valence-corrected chi connectivity index (χ4v) is 5.41. The van der Waals surface area contributed by atoms with Crippen LogP contribution in [0.4, 0.5) is 22.9 Å². The van der Waals surface area contributed by atoms with Crippen LogP contribution in [0.15, 0.2) is 52.9 Å². The smallest absolute Gasteiger partial charge is 0.433 e. The van der Waals surface area contributed by atoms with Gasteiger partial charge in [-0.05, 0) is 46.7 Å². The Morgan fingerprint density at radius 1 is 1.00 bits per heavy atom. The second kappa shape index (κ2) is 10.6. The first kappa shape index (κ1) is 28.6. The summed E-state index contributed by atoms with van der Waals surface area (Å²) in [6.45, 7) is 5.86. The highest BCUT2D eigenvalue weighted by Gasteiger charge is 2.24. The Bertz CT molecular complexity index is 1750. The molecule has 12 nitrogen and oxygen atoms in total. The number of carbonyl (C=O) groups excluding carboxylic acids is 2. The van der Waals surface area contributed by atoms with Gasteiger partial charge in [0.15, 0.2) is 11.5 Å². The van der Waals surface area contributed by atoms with E-state index in [0.717, 1.165) is 29.2 Å². The summed E-state index contributed by atoms with van der Waals surface area (Å²) < 4.78 is 37.5. The van der Waals surface area contributed by atoms with Crippen molar-refractivity contribution in [3.63, 3.8) is 0 Å². The zero-order valence-electron chi connectivity index (χ0n) is 22.1. The van der Waals surface area contributed by atoms with Crippen molar-refractivity contribution in [1.82, 2.24) is 0 Å². The van der Waals surface area contributed by atoms with Crippen molar-refractivity contribution in [2.24, 2.45) is 0 Å². The maximum absolute atomic E-state index is 13.4. The molecule has 4 aromatic rings. The largest absolute Gasteiger partial charge is 0.492 e. The highest BCUT2D eigenvalue weighted by atomic mass is 32.2. The van der Waals surface area contributed by atoms with Crippen LogP contribution in [-0.2, 0) is 15.4 Å². The zero-order chi connectivity index (χ0) is 29.4. The van der Waals surface area contributed by atoms with E-state index in [1.54, 1.807) is 36.4 Å². The lowest BCUT2D eigenvalue weighted by Crippen LogP contribution is -2.18. The van der Waals surface area contributed by atoms with E-state index >= 15 is 0 Å². The molecule has 2 aromatic carbocycles. The normalized spacial score (nSPS) is 11.7. The van der Waals surface area contributed by atoms with Crippen molar-refractivity contribution in [2.75, 3.05) is 28.7 Å². The molecule has 0 aliphatic heterocycles. The minimum Gasteiger partial charge on any atom is -0.492 e. The molecule has 0 saturated heterocycles. The van der Waals surface area contributed by atoms with Gasteiger partial charge in [-0.15, -0.1) is 11.3 Å². The number of carbonyl (C=O) groups is 2. The molecule has 210 valence electrons. The van der Waals surface area contributed by atoms with Crippen LogP contribution in [0.1, 0.15) is 46.6 Å². The number of hydrogen-bond donors (Lipinski definition) is 3. The first-order chi connectivity index (χ1) is 18.7. The number of nitro groups is 1. The van der Waals surface area contributed by atoms with Crippen LogP contribution in [0.2, 0.25) is 0 Å². The van der Waals surface area contributed by atoms with Crippen LogP contribution in [0.5, 0.6) is 5.75 Å². The second-order valence-electron chi connectivity index (χ2n) is 9.87. The topological polar surface area (TPSA) is 170 Å². The average Bonchev–Trinajstić information content (AvgIpc) is 3.51. The molecule has 0 aliphatic carbocycles. The van der Waals surface area contributed by atoms with Crippen LogP contribution in [0, 0.1) is 10.1 Å². The summed E-state index contributed by atoms with van der Waals surface area (Å²) >= 11 is 1.12. The Balaban J connectivity index is 1.66. The molecule has 0 atom stereocenters. The lowest BCUT2D eigenvalue weighted by Gasteiger charge is -2.23. The number of rotatable bonds is 8. The molecule has 0 radical (unpaired) electrons. The minimum atomic E-state index is -3.64. The van der Waals surface area contributed by atoms with E-state index in [1.165, 1.54) is 13.2 Å². The van der Waals surface area contributed by atoms with Crippen molar-refractivity contribution >= 4 is 66.2 Å². The van der Waals surface area contributed by atoms with E-state index in [1.807, 2.05) is 20.8 Å². The fraction of sp³-hybridized carbons (Fsp3) is 0.231. The fourth-order valence-electron chi connectivity index (χ4n) is 3.84. The number of furan rings is 1. The summed E-state index contributed by atoms with van der Waals surface area (Å²) in [7, 11) is -2.27. The number of sulfonamides is 1. The van der Waals surface area contributed by atoms with Crippen molar-refractivity contribution in [1.29, 1.82) is 0 Å². The predicted octanol–water partition coefficient (Wildman–Crippen LogP) is 5.58. The molecule has 3 N–H and O–H groups in total. The SMILES string of the molecule is COc1c(NC(=O)c2cc3cccc(NC(=O)c4ccc([N+](=O)[O-])o4)c3s2)cc(C(C)(C)C)cc1NS(C)(=O)=O. The van der Waals surface area contributed by atoms with Crippen LogP contribution in [0.3, 0.4) is 0 Å². The summed E-state index contributed by atoms with van der Waals surface area (Å²) in [6, 6.07) is 12.4. The Morgan fingerprint density at radius 2 is 1.68 bits per heavy atom. The van der Waals surface area contributed by atoms with Gasteiger partial charge in [-0.25, -0.2) is 8.42 Å². The molecule has 2 aromatic heterocycles. The van der Waals surface area contributed by atoms with Crippen molar-refractivity contribution in [2.45, 2.75) is 26.2 Å². The number of nitrogens with one attached hydrogen (secondary N) is 3. The predicted molar refractivity (Wildman–Crippen MR) is 153 cm³/mol. The summed E-state index contributed by atoms with van der Waals surface area (Å²) in [5.41, 5.74) is 1.23. The number of hydrogen-bond acceptors (Lipinski definition) is 9. The number of anilines is 3. The number of nitrogens with zero attached hydrogens (tertiary/aromatic N) is 1. The van der Waals surface area contributed by atoms with Crippen LogP contribution in [0.25, 0.3) is 10.1 Å². The molecule has 0 aliphatic rings. The van der Waals surface area contributed by atoms with Gasteiger partial charge in [-0.3, -0.25) is 24.4 Å². The Morgan fingerprint density at radius 3 is 2.27 bits per heavy atom. The number of benzene rings is 2. The molecular weight excluding hydrogens is 560 g/mol. The van der Waals surface area contributed by atoms with Gasteiger partial charge in [-0.1, -0.05) is 32.9 Å². The number of amides is 2. The molecule has 0 bridgehead atoms.